The minimum Gasteiger partial charge on any atom is -0.303 e. The van der Waals surface area contributed by atoms with Crippen molar-refractivity contribution in [2.24, 2.45) is 0 Å². The topological polar surface area (TPSA) is 73.5 Å². The zero-order valence-electron chi connectivity index (χ0n) is 14.4. The van der Waals surface area contributed by atoms with Crippen molar-refractivity contribution in [2.75, 3.05) is 0 Å². The summed E-state index contributed by atoms with van der Waals surface area (Å²) in [5, 5.41) is 19.8. The summed E-state index contributed by atoms with van der Waals surface area (Å²) < 4.78 is 3.60. The molecular weight excluding hydrogens is 326 g/mol. The Morgan fingerprint density at radius 1 is 1.00 bits per heavy atom. The summed E-state index contributed by atoms with van der Waals surface area (Å²) in [7, 11) is 0. The Balaban J connectivity index is 1.48. The molecule has 7 nitrogen and oxygen atoms in total. The van der Waals surface area contributed by atoms with Gasteiger partial charge in [0.1, 0.15) is 0 Å². The van der Waals surface area contributed by atoms with Crippen LogP contribution in [0.15, 0.2) is 73.1 Å². The van der Waals surface area contributed by atoms with E-state index < -0.39 is 0 Å². The molecule has 0 aliphatic heterocycles. The largest absolute Gasteiger partial charge is 0.303 e. The molecule has 130 valence electrons. The summed E-state index contributed by atoms with van der Waals surface area (Å²) in [6, 6.07) is 20.3. The molecule has 0 aliphatic rings. The summed E-state index contributed by atoms with van der Waals surface area (Å²) in [6.45, 7) is 2.69. The Morgan fingerprint density at radius 3 is 2.65 bits per heavy atom. The first-order chi connectivity index (χ1) is 12.8. The van der Waals surface area contributed by atoms with Gasteiger partial charge < -0.3 is 5.32 Å². The molecule has 0 bridgehead atoms. The molecular formula is C19H19N7. The maximum absolute atomic E-state index is 4.29. The van der Waals surface area contributed by atoms with Gasteiger partial charge in [-0.3, -0.25) is 0 Å². The maximum Gasteiger partial charge on any atom is 0.170 e. The monoisotopic (exact) mass is 345 g/mol. The lowest BCUT2D eigenvalue weighted by molar-refractivity contribution is 0.550. The van der Waals surface area contributed by atoms with Gasteiger partial charge in [-0.1, -0.05) is 30.3 Å². The molecule has 4 rings (SSSR count). The molecule has 0 unspecified atom stereocenters. The van der Waals surface area contributed by atoms with Gasteiger partial charge in [0.15, 0.2) is 5.82 Å². The molecule has 2 heterocycles. The Labute approximate surface area is 151 Å². The average Bonchev–Trinajstić information content (AvgIpc) is 3.39. The molecule has 2 aromatic heterocycles. The first-order valence-corrected chi connectivity index (χ1v) is 8.47. The van der Waals surface area contributed by atoms with Gasteiger partial charge in [-0.2, -0.15) is 9.78 Å². The van der Waals surface area contributed by atoms with E-state index in [2.05, 4.69) is 45.0 Å². The first-order valence-electron chi connectivity index (χ1n) is 8.47. The van der Waals surface area contributed by atoms with Gasteiger partial charge in [0.2, 0.25) is 0 Å². The first kappa shape index (κ1) is 16.2. The van der Waals surface area contributed by atoms with Crippen molar-refractivity contribution in [1.82, 2.24) is 35.3 Å². The molecule has 0 saturated carbocycles. The van der Waals surface area contributed by atoms with Crippen molar-refractivity contribution in [3.05, 3.63) is 84.4 Å². The summed E-state index contributed by atoms with van der Waals surface area (Å²) in [4.78, 5) is 0. The second-order valence-electron chi connectivity index (χ2n) is 5.99. The number of tetrazole rings is 1. The van der Waals surface area contributed by atoms with Crippen molar-refractivity contribution in [2.45, 2.75) is 19.5 Å². The van der Waals surface area contributed by atoms with Crippen molar-refractivity contribution in [3.8, 4) is 11.4 Å². The minimum absolute atomic E-state index is 0.145. The molecule has 0 amide bonds. The predicted molar refractivity (Wildman–Crippen MR) is 98.0 cm³/mol. The second kappa shape index (κ2) is 7.28. The Bertz CT molecular complexity index is 960. The fourth-order valence-corrected chi connectivity index (χ4v) is 2.81. The summed E-state index contributed by atoms with van der Waals surface area (Å²) in [5.41, 5.74) is 3.16. The molecule has 1 atom stereocenters. The van der Waals surface area contributed by atoms with E-state index in [-0.39, 0.29) is 6.04 Å². The van der Waals surface area contributed by atoms with Gasteiger partial charge in [-0.15, -0.1) is 5.10 Å². The number of benzene rings is 2. The quantitative estimate of drug-likeness (QED) is 0.582. The minimum atomic E-state index is 0.145. The third-order valence-electron chi connectivity index (χ3n) is 4.24. The molecule has 0 aliphatic carbocycles. The molecule has 7 heteroatoms. The van der Waals surface area contributed by atoms with Gasteiger partial charge in [-0.05, 0) is 53.2 Å². The fourth-order valence-electron chi connectivity index (χ4n) is 2.81. The van der Waals surface area contributed by atoms with Gasteiger partial charge in [-0.25, -0.2) is 4.68 Å². The van der Waals surface area contributed by atoms with Crippen LogP contribution in [-0.2, 0) is 6.54 Å². The maximum atomic E-state index is 4.29. The van der Waals surface area contributed by atoms with Gasteiger partial charge in [0, 0.05) is 18.4 Å². The van der Waals surface area contributed by atoms with Crippen LogP contribution in [-0.4, -0.2) is 30.0 Å². The molecule has 0 radical (unpaired) electrons. The molecule has 0 spiro atoms. The van der Waals surface area contributed by atoms with Crippen LogP contribution in [0.4, 0.5) is 0 Å². The number of nitrogens with one attached hydrogen (secondary N) is 1. The van der Waals surface area contributed by atoms with E-state index in [1.807, 2.05) is 59.4 Å². The summed E-state index contributed by atoms with van der Waals surface area (Å²) >= 11 is 0. The molecule has 1 N–H and O–H groups in total. The number of aromatic nitrogens is 6. The predicted octanol–water partition coefficient (Wildman–Crippen LogP) is 2.70. The molecule has 2 aromatic carbocycles. The van der Waals surface area contributed by atoms with Crippen LogP contribution in [0.1, 0.15) is 24.4 Å². The van der Waals surface area contributed by atoms with E-state index in [0.717, 1.165) is 17.2 Å². The number of hydrogen-bond acceptors (Lipinski definition) is 5. The summed E-state index contributed by atoms with van der Waals surface area (Å²) in [6.07, 6.45) is 3.71. The Hall–Kier alpha value is -3.32. The van der Waals surface area contributed by atoms with E-state index in [0.29, 0.717) is 6.54 Å². The summed E-state index contributed by atoms with van der Waals surface area (Å²) in [5.74, 6) is 0.770. The molecule has 0 saturated heterocycles. The highest BCUT2D eigenvalue weighted by atomic mass is 15.5. The van der Waals surface area contributed by atoms with E-state index >= 15 is 0 Å². The third kappa shape index (κ3) is 3.38. The number of para-hydroxylation sites is 1. The van der Waals surface area contributed by atoms with Gasteiger partial charge in [0.05, 0.1) is 17.9 Å². The highest BCUT2D eigenvalue weighted by Gasteiger charge is 2.11. The number of rotatable bonds is 6. The van der Waals surface area contributed by atoms with E-state index in [1.54, 1.807) is 10.9 Å². The SMILES string of the molecule is C[C@@H](NCc1nnnn1-c1ccccc1)c1cccc(-n2cccn2)c1. The van der Waals surface area contributed by atoms with E-state index in [1.165, 1.54) is 5.56 Å². The number of nitrogens with zero attached hydrogens (tertiary/aromatic N) is 6. The normalized spacial score (nSPS) is 12.2. The van der Waals surface area contributed by atoms with Crippen molar-refractivity contribution in [1.29, 1.82) is 0 Å². The van der Waals surface area contributed by atoms with Crippen LogP contribution in [0.5, 0.6) is 0 Å². The lowest BCUT2D eigenvalue weighted by Crippen LogP contribution is -2.21. The standard InChI is InChI=1S/C19H19N7/c1-15(16-7-5-10-18(13-16)25-12-6-11-21-25)20-14-19-22-23-24-26(19)17-8-3-2-4-9-17/h2-13,15,20H,14H2,1H3/t15-/m1/s1. The Kier molecular flexibility index (Phi) is 4.53. The lowest BCUT2D eigenvalue weighted by Gasteiger charge is -2.15. The second-order valence-corrected chi connectivity index (χ2v) is 5.99. The smallest absolute Gasteiger partial charge is 0.170 e. The van der Waals surface area contributed by atoms with Crippen LogP contribution in [0.3, 0.4) is 0 Å². The van der Waals surface area contributed by atoms with Crippen LogP contribution < -0.4 is 5.32 Å². The van der Waals surface area contributed by atoms with Crippen molar-refractivity contribution < 1.29 is 0 Å². The molecule has 4 aromatic rings. The molecule has 0 fully saturated rings. The van der Waals surface area contributed by atoms with E-state index in [4.69, 9.17) is 0 Å². The molecule has 26 heavy (non-hydrogen) atoms. The average molecular weight is 345 g/mol. The van der Waals surface area contributed by atoms with Crippen LogP contribution in [0.25, 0.3) is 11.4 Å². The highest BCUT2D eigenvalue weighted by Crippen LogP contribution is 2.17. The fraction of sp³-hybridized carbons (Fsp3) is 0.158. The van der Waals surface area contributed by atoms with Crippen molar-refractivity contribution >= 4 is 0 Å². The number of hydrogen-bond donors (Lipinski definition) is 1. The van der Waals surface area contributed by atoms with Gasteiger partial charge in [0.25, 0.3) is 0 Å². The zero-order valence-corrected chi connectivity index (χ0v) is 14.4. The van der Waals surface area contributed by atoms with Crippen molar-refractivity contribution in [3.63, 3.8) is 0 Å². The zero-order chi connectivity index (χ0) is 17.8. The van der Waals surface area contributed by atoms with E-state index in [9.17, 15) is 0 Å². The van der Waals surface area contributed by atoms with Crippen LogP contribution in [0.2, 0.25) is 0 Å². The lowest BCUT2D eigenvalue weighted by atomic mass is 10.1. The third-order valence-corrected chi connectivity index (χ3v) is 4.24. The Morgan fingerprint density at radius 2 is 1.85 bits per heavy atom. The van der Waals surface area contributed by atoms with Crippen LogP contribution in [0, 0.1) is 0 Å². The highest BCUT2D eigenvalue weighted by molar-refractivity contribution is 5.36. The van der Waals surface area contributed by atoms with Gasteiger partial charge >= 0.3 is 0 Å². The van der Waals surface area contributed by atoms with Crippen LogP contribution >= 0.6 is 0 Å².